The Kier molecular flexibility index (Phi) is 8.75. The van der Waals surface area contributed by atoms with E-state index in [2.05, 4.69) is 16.0 Å². The van der Waals surface area contributed by atoms with Gasteiger partial charge in [0.2, 0.25) is 11.8 Å². The summed E-state index contributed by atoms with van der Waals surface area (Å²) in [6.45, 7) is 4.27. The van der Waals surface area contributed by atoms with Crippen LogP contribution in [0.5, 0.6) is 0 Å². The molecule has 0 radical (unpaired) electrons. The standard InChI is InChI=1S/C23H35N5O4/c1-24-22(30)20(17-32-16-18-7-4-3-5-8-18)26-21(29)15-27-11-13-28(2,14-12-27)23(31)19-9-6-10-25-19/h3-5,7-8,19-20,25H,6,9-17H2,1-2H3,(H-,24,26,29,30)/p+1. The number of quaternary nitrogens is 1. The van der Waals surface area contributed by atoms with E-state index in [0.717, 1.165) is 24.9 Å². The van der Waals surface area contributed by atoms with Crippen molar-refractivity contribution in [3.05, 3.63) is 35.9 Å². The van der Waals surface area contributed by atoms with Crippen molar-refractivity contribution in [2.24, 2.45) is 0 Å². The van der Waals surface area contributed by atoms with Gasteiger partial charge in [0, 0.05) is 20.1 Å². The molecule has 0 aliphatic carbocycles. The van der Waals surface area contributed by atoms with Crippen LogP contribution in [0, 0.1) is 0 Å². The molecule has 3 rings (SSSR count). The molecule has 2 heterocycles. The third-order valence-electron chi connectivity index (χ3n) is 6.37. The van der Waals surface area contributed by atoms with Gasteiger partial charge in [0.25, 0.3) is 0 Å². The quantitative estimate of drug-likeness (QED) is 0.441. The zero-order chi connectivity index (χ0) is 23.0. The third kappa shape index (κ3) is 6.59. The van der Waals surface area contributed by atoms with Gasteiger partial charge in [-0.25, -0.2) is 4.79 Å². The van der Waals surface area contributed by atoms with Crippen LogP contribution in [-0.4, -0.2) is 99.2 Å². The molecule has 2 fully saturated rings. The highest BCUT2D eigenvalue weighted by molar-refractivity contribution is 5.88. The number of hydrogen-bond acceptors (Lipinski definition) is 6. The maximum absolute atomic E-state index is 12.9. The second-order valence-electron chi connectivity index (χ2n) is 8.84. The van der Waals surface area contributed by atoms with Crippen LogP contribution in [0.3, 0.4) is 0 Å². The zero-order valence-corrected chi connectivity index (χ0v) is 19.1. The van der Waals surface area contributed by atoms with Crippen molar-refractivity contribution in [3.63, 3.8) is 0 Å². The normalized spacial score (nSPS) is 21.6. The van der Waals surface area contributed by atoms with E-state index in [9.17, 15) is 14.4 Å². The molecule has 2 aliphatic heterocycles. The van der Waals surface area contributed by atoms with E-state index in [1.165, 1.54) is 7.05 Å². The summed E-state index contributed by atoms with van der Waals surface area (Å²) >= 11 is 0. The lowest BCUT2D eigenvalue weighted by molar-refractivity contribution is -0.840. The minimum atomic E-state index is -0.753. The molecule has 32 heavy (non-hydrogen) atoms. The molecule has 176 valence electrons. The zero-order valence-electron chi connectivity index (χ0n) is 19.1. The highest BCUT2D eigenvalue weighted by Gasteiger charge is 2.41. The number of amides is 3. The monoisotopic (exact) mass is 446 g/mol. The fourth-order valence-electron chi connectivity index (χ4n) is 4.27. The predicted octanol–water partition coefficient (Wildman–Crippen LogP) is -0.525. The summed E-state index contributed by atoms with van der Waals surface area (Å²) in [5.74, 6) is -0.257. The number of rotatable bonds is 9. The molecule has 2 aliphatic rings. The van der Waals surface area contributed by atoms with Crippen LogP contribution in [0.2, 0.25) is 0 Å². The molecule has 9 heteroatoms. The van der Waals surface area contributed by atoms with Crippen molar-refractivity contribution in [3.8, 4) is 0 Å². The number of carbonyl (C=O) groups is 3. The average molecular weight is 447 g/mol. The van der Waals surface area contributed by atoms with E-state index >= 15 is 0 Å². The van der Waals surface area contributed by atoms with Gasteiger partial charge in [-0.2, -0.15) is 0 Å². The minimum absolute atomic E-state index is 0.0425. The fourth-order valence-corrected chi connectivity index (χ4v) is 4.27. The van der Waals surface area contributed by atoms with Gasteiger partial charge in [-0.05, 0) is 24.9 Å². The van der Waals surface area contributed by atoms with Gasteiger partial charge < -0.3 is 20.7 Å². The Morgan fingerprint density at radius 3 is 2.56 bits per heavy atom. The molecule has 2 saturated heterocycles. The number of benzene rings is 1. The van der Waals surface area contributed by atoms with Crippen LogP contribution in [0.25, 0.3) is 0 Å². The molecule has 3 N–H and O–H groups in total. The Labute approximate surface area is 190 Å². The Balaban J connectivity index is 1.44. The molecule has 1 aromatic carbocycles. The van der Waals surface area contributed by atoms with Crippen molar-refractivity contribution < 1.29 is 23.6 Å². The summed E-state index contributed by atoms with van der Waals surface area (Å²) in [4.78, 5) is 39.7. The molecule has 2 unspecified atom stereocenters. The Hall–Kier alpha value is -2.33. The molecule has 9 nitrogen and oxygen atoms in total. The van der Waals surface area contributed by atoms with Crippen LogP contribution in [0.15, 0.2) is 30.3 Å². The van der Waals surface area contributed by atoms with Crippen molar-refractivity contribution >= 4 is 17.7 Å². The summed E-state index contributed by atoms with van der Waals surface area (Å²) in [7, 11) is 3.53. The summed E-state index contributed by atoms with van der Waals surface area (Å²) < 4.78 is 6.07. The van der Waals surface area contributed by atoms with E-state index in [1.807, 2.05) is 42.3 Å². The van der Waals surface area contributed by atoms with E-state index in [-0.39, 0.29) is 36.9 Å². The number of nitrogens with zero attached hydrogens (tertiary/aromatic N) is 2. The third-order valence-corrected chi connectivity index (χ3v) is 6.37. The van der Waals surface area contributed by atoms with Gasteiger partial charge in [-0.3, -0.25) is 19.0 Å². The second-order valence-corrected chi connectivity index (χ2v) is 8.84. The topological polar surface area (TPSA) is 99.8 Å². The Morgan fingerprint density at radius 2 is 1.94 bits per heavy atom. The number of ether oxygens (including phenoxy) is 1. The lowest BCUT2D eigenvalue weighted by Crippen LogP contribution is -2.64. The Morgan fingerprint density at radius 1 is 1.22 bits per heavy atom. The van der Waals surface area contributed by atoms with Crippen molar-refractivity contribution in [2.75, 3.05) is 60.0 Å². The molecule has 3 amide bonds. The maximum atomic E-state index is 12.9. The lowest BCUT2D eigenvalue weighted by atomic mass is 10.1. The van der Waals surface area contributed by atoms with E-state index < -0.39 is 6.04 Å². The number of piperazine rings is 1. The minimum Gasteiger partial charge on any atom is -0.374 e. The molecule has 2 atom stereocenters. The molecule has 0 bridgehead atoms. The summed E-state index contributed by atoms with van der Waals surface area (Å²) in [5, 5.41) is 8.66. The van der Waals surface area contributed by atoms with Gasteiger partial charge in [0.1, 0.15) is 12.1 Å². The van der Waals surface area contributed by atoms with Gasteiger partial charge in [0.15, 0.2) is 0 Å². The first-order valence-electron chi connectivity index (χ1n) is 11.4. The predicted molar refractivity (Wildman–Crippen MR) is 120 cm³/mol. The highest BCUT2D eigenvalue weighted by atomic mass is 16.5. The average Bonchev–Trinajstić information content (AvgIpc) is 3.34. The molecule has 0 spiro atoms. The second kappa shape index (κ2) is 11.5. The molecular formula is C23H36N5O4+. The van der Waals surface area contributed by atoms with Gasteiger partial charge in [-0.1, -0.05) is 30.3 Å². The van der Waals surface area contributed by atoms with Crippen molar-refractivity contribution in [2.45, 2.75) is 31.5 Å². The number of nitrogens with one attached hydrogen (secondary N) is 3. The number of hydrogen-bond donors (Lipinski definition) is 3. The first kappa shape index (κ1) is 24.3. The van der Waals surface area contributed by atoms with Gasteiger partial charge >= 0.3 is 5.91 Å². The number of carbonyl (C=O) groups excluding carboxylic acids is 3. The highest BCUT2D eigenvalue weighted by Crippen LogP contribution is 2.17. The molecule has 1 aromatic rings. The smallest absolute Gasteiger partial charge is 0.330 e. The Bertz CT molecular complexity index is 774. The van der Waals surface area contributed by atoms with Crippen molar-refractivity contribution in [1.82, 2.24) is 20.9 Å². The van der Waals surface area contributed by atoms with E-state index in [0.29, 0.717) is 37.3 Å². The van der Waals surface area contributed by atoms with Crippen LogP contribution >= 0.6 is 0 Å². The van der Waals surface area contributed by atoms with Gasteiger partial charge in [-0.15, -0.1) is 0 Å². The maximum Gasteiger partial charge on any atom is 0.330 e. The molecule has 0 saturated carbocycles. The van der Waals surface area contributed by atoms with E-state index in [4.69, 9.17) is 4.74 Å². The fraction of sp³-hybridized carbons (Fsp3) is 0.609. The van der Waals surface area contributed by atoms with E-state index in [1.54, 1.807) is 0 Å². The first-order valence-corrected chi connectivity index (χ1v) is 11.4. The summed E-state index contributed by atoms with van der Waals surface area (Å²) in [5.41, 5.74) is 1.01. The SMILES string of the molecule is CNC(=O)C(COCc1ccccc1)NC(=O)CN1CC[N+](C)(C(=O)C2CCCN2)CC1. The largest absolute Gasteiger partial charge is 0.374 e. The van der Waals surface area contributed by atoms with Crippen LogP contribution in [-0.2, 0) is 25.7 Å². The van der Waals surface area contributed by atoms with Gasteiger partial charge in [0.05, 0.1) is 39.9 Å². The number of likely N-dealkylation sites (N-methyl/N-ethyl adjacent to an activating group) is 2. The van der Waals surface area contributed by atoms with Crippen LogP contribution in [0.1, 0.15) is 18.4 Å². The molecular weight excluding hydrogens is 410 g/mol. The molecule has 0 aromatic heterocycles. The first-order chi connectivity index (χ1) is 15.4. The summed E-state index contributed by atoms with van der Waals surface area (Å²) in [6.07, 6.45) is 1.95. The van der Waals surface area contributed by atoms with Crippen molar-refractivity contribution in [1.29, 1.82) is 0 Å². The van der Waals surface area contributed by atoms with Crippen LogP contribution in [0.4, 0.5) is 0 Å². The lowest BCUT2D eigenvalue weighted by Gasteiger charge is -2.40. The van der Waals surface area contributed by atoms with Crippen LogP contribution < -0.4 is 16.0 Å². The summed E-state index contributed by atoms with van der Waals surface area (Å²) in [6, 6.07) is 8.89.